The minimum Gasteiger partial charge on any atom is -0.543 e. The van der Waals surface area contributed by atoms with Gasteiger partial charge in [-0.05, 0) is 24.3 Å². The maximum absolute atomic E-state index is 12.9. The number of hydrogen-bond donors (Lipinski definition) is 3. The van der Waals surface area contributed by atoms with Crippen molar-refractivity contribution >= 4 is 69.7 Å². The number of pyridine rings is 1. The second kappa shape index (κ2) is 11.9. The lowest BCUT2D eigenvalue weighted by molar-refractivity contribution is -0.725. The summed E-state index contributed by atoms with van der Waals surface area (Å²) in [4.78, 5) is 47.4. The van der Waals surface area contributed by atoms with E-state index in [1.807, 2.05) is 35.9 Å². The van der Waals surface area contributed by atoms with Crippen molar-refractivity contribution in [3.8, 4) is 0 Å². The van der Waals surface area contributed by atoms with Gasteiger partial charge in [0, 0.05) is 34.7 Å². The highest BCUT2D eigenvalue weighted by Gasteiger charge is 2.52. The SMILES string of the molecule is CCN(C)[n+]1ccc(N)cc1SCC1=C(C(=O)[O-])N2C(=O)C(NC(=O)/C=N\OCc3csc(N)n3)C2SC1. The molecule has 1 saturated heterocycles. The number of thioether (sulfide) groups is 2. The Bertz CT molecular complexity index is 1300. The van der Waals surface area contributed by atoms with E-state index in [2.05, 4.69) is 15.5 Å². The highest BCUT2D eigenvalue weighted by atomic mass is 32.2. The molecule has 38 heavy (non-hydrogen) atoms. The number of amides is 2. The Hall–Kier alpha value is -3.50. The number of carbonyl (C=O) groups is 3. The summed E-state index contributed by atoms with van der Waals surface area (Å²) in [5, 5.41) is 22.5. The molecule has 0 aliphatic carbocycles. The van der Waals surface area contributed by atoms with Gasteiger partial charge < -0.3 is 31.5 Å². The molecule has 0 saturated carbocycles. The Kier molecular flexibility index (Phi) is 8.63. The number of carboxylic acid groups (broad SMARTS) is 1. The number of hydrogen-bond acceptors (Lipinski definition) is 13. The molecule has 0 spiro atoms. The van der Waals surface area contributed by atoms with E-state index in [4.69, 9.17) is 16.3 Å². The number of aromatic nitrogens is 2. The Morgan fingerprint density at radius 2 is 2.26 bits per heavy atom. The third-order valence-electron chi connectivity index (χ3n) is 5.71. The van der Waals surface area contributed by atoms with E-state index in [1.54, 1.807) is 11.4 Å². The smallest absolute Gasteiger partial charge is 0.271 e. The standard InChI is InChI=1S/C22H26N8O5S3/c1-3-28(2)29-5-4-13(23)6-16(29)36-9-12-10-37-20-17(19(32)30(20)18(12)21(33)34)27-15(31)7-25-35-8-14-11-38-22(24)26-14/h4-7,11,17,20,23H,3,8-10H2,1-2H3,(H4,24,26,27,31,33,34)/b25-7-. The summed E-state index contributed by atoms with van der Waals surface area (Å²) in [6.07, 6.45) is 2.75. The lowest BCUT2D eigenvalue weighted by Crippen LogP contribution is -2.71. The Balaban J connectivity index is 1.39. The van der Waals surface area contributed by atoms with Crippen LogP contribution in [-0.4, -0.2) is 70.4 Å². The average molecular weight is 579 g/mol. The van der Waals surface area contributed by atoms with E-state index < -0.39 is 29.2 Å². The quantitative estimate of drug-likeness (QED) is 0.0965. The van der Waals surface area contributed by atoms with E-state index in [0.717, 1.165) is 17.8 Å². The lowest BCUT2D eigenvalue weighted by atomic mass is 10.0. The number of nitrogens with zero attached hydrogens (tertiary/aromatic N) is 5. The van der Waals surface area contributed by atoms with Gasteiger partial charge in [0.15, 0.2) is 11.7 Å². The Morgan fingerprint density at radius 1 is 1.47 bits per heavy atom. The van der Waals surface area contributed by atoms with Crippen molar-refractivity contribution in [3.05, 3.63) is 40.7 Å². The second-order valence-corrected chi connectivity index (χ2v) is 11.2. The molecule has 16 heteroatoms. The number of oxime groups is 1. The molecule has 13 nitrogen and oxygen atoms in total. The molecule has 2 aromatic rings. The zero-order valence-corrected chi connectivity index (χ0v) is 23.0. The molecule has 2 aliphatic heterocycles. The molecule has 2 amide bonds. The number of fused-ring (bicyclic) bond motifs is 1. The molecule has 0 radical (unpaired) electrons. The first kappa shape index (κ1) is 27.5. The van der Waals surface area contributed by atoms with Gasteiger partial charge in [-0.25, -0.2) is 4.98 Å². The van der Waals surface area contributed by atoms with Crippen LogP contribution in [0.2, 0.25) is 0 Å². The molecule has 2 aromatic heterocycles. The molecule has 5 N–H and O–H groups in total. The van der Waals surface area contributed by atoms with E-state index >= 15 is 0 Å². The van der Waals surface area contributed by atoms with Crippen LogP contribution in [0.5, 0.6) is 0 Å². The lowest BCUT2D eigenvalue weighted by Gasteiger charge is -2.50. The summed E-state index contributed by atoms with van der Waals surface area (Å²) in [5.74, 6) is -1.94. The number of carbonyl (C=O) groups excluding carboxylic acids is 3. The van der Waals surface area contributed by atoms with Crippen LogP contribution in [0, 0.1) is 0 Å². The van der Waals surface area contributed by atoms with Crippen molar-refractivity contribution in [1.29, 1.82) is 0 Å². The van der Waals surface area contributed by atoms with Crippen LogP contribution in [0.4, 0.5) is 10.8 Å². The number of thiazole rings is 1. The number of nitrogens with two attached hydrogens (primary N) is 2. The van der Waals surface area contributed by atoms with Crippen molar-refractivity contribution < 1.29 is 29.0 Å². The summed E-state index contributed by atoms with van der Waals surface area (Å²) < 4.78 is 1.93. The van der Waals surface area contributed by atoms with Crippen LogP contribution in [0.1, 0.15) is 12.6 Å². The number of carboxylic acids is 1. The fourth-order valence-corrected chi connectivity index (χ4v) is 6.88. The summed E-state index contributed by atoms with van der Waals surface area (Å²) >= 11 is 4.04. The maximum Gasteiger partial charge on any atom is 0.271 e. The number of aliphatic carboxylic acids is 1. The van der Waals surface area contributed by atoms with Crippen LogP contribution in [0.3, 0.4) is 0 Å². The normalized spacial score (nSPS) is 18.8. The van der Waals surface area contributed by atoms with Crippen molar-refractivity contribution in [2.45, 2.75) is 30.0 Å². The number of nitrogen functional groups attached to an aromatic ring is 2. The minimum absolute atomic E-state index is 0.0386. The van der Waals surface area contributed by atoms with Gasteiger partial charge in [-0.3, -0.25) is 14.5 Å². The number of anilines is 2. The molecule has 202 valence electrons. The highest BCUT2D eigenvalue weighted by Crippen LogP contribution is 2.41. The molecular formula is C22H26N8O5S3. The van der Waals surface area contributed by atoms with Crippen LogP contribution in [0.15, 0.2) is 45.2 Å². The van der Waals surface area contributed by atoms with Gasteiger partial charge in [-0.15, -0.1) is 23.1 Å². The molecule has 2 atom stereocenters. The molecule has 2 aliphatic rings. The van der Waals surface area contributed by atoms with Crippen molar-refractivity contribution in [3.63, 3.8) is 0 Å². The highest BCUT2D eigenvalue weighted by molar-refractivity contribution is 8.01. The van der Waals surface area contributed by atoms with Gasteiger partial charge in [0.2, 0.25) is 6.20 Å². The molecule has 4 heterocycles. The fourth-order valence-electron chi connectivity index (χ4n) is 3.74. The van der Waals surface area contributed by atoms with Crippen molar-refractivity contribution in [1.82, 2.24) is 15.2 Å². The van der Waals surface area contributed by atoms with Crippen LogP contribution in [0.25, 0.3) is 0 Å². The first-order valence-electron chi connectivity index (χ1n) is 11.4. The van der Waals surface area contributed by atoms with Gasteiger partial charge in [0.1, 0.15) is 17.6 Å². The van der Waals surface area contributed by atoms with Gasteiger partial charge in [-0.1, -0.05) is 9.83 Å². The van der Waals surface area contributed by atoms with Gasteiger partial charge in [0.05, 0.1) is 31.0 Å². The zero-order valence-electron chi connectivity index (χ0n) is 20.5. The van der Waals surface area contributed by atoms with Crippen LogP contribution in [-0.2, 0) is 25.8 Å². The van der Waals surface area contributed by atoms with Crippen molar-refractivity contribution in [2.24, 2.45) is 5.16 Å². The van der Waals surface area contributed by atoms with Crippen LogP contribution < -0.4 is 31.6 Å². The topological polar surface area (TPSA) is 183 Å². The average Bonchev–Trinajstić information content (AvgIpc) is 3.32. The predicted molar refractivity (Wildman–Crippen MR) is 143 cm³/mol. The van der Waals surface area contributed by atoms with Crippen LogP contribution >= 0.6 is 34.9 Å². The third-order valence-corrected chi connectivity index (χ3v) is 8.86. The molecule has 0 bridgehead atoms. The first-order valence-corrected chi connectivity index (χ1v) is 14.3. The Labute approximate surface area is 230 Å². The summed E-state index contributed by atoms with van der Waals surface area (Å²) in [5.41, 5.74) is 13.1. The molecule has 4 rings (SSSR count). The zero-order chi connectivity index (χ0) is 27.4. The number of nitrogens with one attached hydrogen (secondary N) is 1. The largest absolute Gasteiger partial charge is 0.543 e. The number of β-lactam (4-membered cyclic amide) rings is 1. The fraction of sp³-hybridized carbons (Fsp3) is 0.364. The van der Waals surface area contributed by atoms with E-state index in [0.29, 0.717) is 33.6 Å². The molecule has 1 fully saturated rings. The van der Waals surface area contributed by atoms with E-state index in [9.17, 15) is 19.5 Å². The van der Waals surface area contributed by atoms with Gasteiger partial charge in [-0.2, -0.15) is 5.01 Å². The maximum atomic E-state index is 12.9. The third kappa shape index (κ3) is 5.97. The van der Waals surface area contributed by atoms with Crippen molar-refractivity contribution in [2.75, 3.05) is 41.6 Å². The summed E-state index contributed by atoms with van der Waals surface area (Å²) in [6.45, 7) is 2.80. The second-order valence-electron chi connectivity index (χ2n) is 8.23. The summed E-state index contributed by atoms with van der Waals surface area (Å²) in [6, 6.07) is 2.70. The monoisotopic (exact) mass is 578 g/mol. The summed E-state index contributed by atoms with van der Waals surface area (Å²) in [7, 11) is 1.92. The van der Waals surface area contributed by atoms with Gasteiger partial charge >= 0.3 is 0 Å². The molecule has 0 aromatic carbocycles. The molecular weight excluding hydrogens is 552 g/mol. The van der Waals surface area contributed by atoms with E-state index in [1.165, 1.54) is 39.8 Å². The predicted octanol–water partition coefficient (Wildman–Crippen LogP) is -1.12. The van der Waals surface area contributed by atoms with Gasteiger partial charge in [0.25, 0.3) is 16.8 Å². The Morgan fingerprint density at radius 3 is 2.95 bits per heavy atom. The minimum atomic E-state index is -1.44. The number of rotatable bonds is 11. The first-order chi connectivity index (χ1) is 18.2. The molecule has 2 unspecified atom stereocenters. The van der Waals surface area contributed by atoms with E-state index in [-0.39, 0.29) is 12.3 Å².